The zero-order chi connectivity index (χ0) is 16.1. The second-order valence-electron chi connectivity index (χ2n) is 5.28. The summed E-state index contributed by atoms with van der Waals surface area (Å²) in [6, 6.07) is 13.3. The van der Waals surface area contributed by atoms with Crippen molar-refractivity contribution in [2.75, 3.05) is 13.1 Å². The van der Waals surface area contributed by atoms with E-state index < -0.39 is 5.97 Å². The lowest BCUT2D eigenvalue weighted by molar-refractivity contribution is -0.137. The van der Waals surface area contributed by atoms with E-state index in [4.69, 9.17) is 5.11 Å². The van der Waals surface area contributed by atoms with Crippen molar-refractivity contribution in [1.82, 2.24) is 9.47 Å². The molecule has 0 aliphatic heterocycles. The summed E-state index contributed by atoms with van der Waals surface area (Å²) in [6.07, 6.45) is 0.628. The fraction of sp³-hybridized carbons (Fsp3) is 0.294. The molecule has 1 aromatic carbocycles. The molecule has 0 atom stereocenters. The van der Waals surface area contributed by atoms with Crippen LogP contribution in [0.3, 0.4) is 0 Å². The summed E-state index contributed by atoms with van der Waals surface area (Å²) in [5.74, 6) is -1.26. The van der Waals surface area contributed by atoms with E-state index in [9.17, 15) is 9.59 Å². The van der Waals surface area contributed by atoms with Crippen LogP contribution in [0.1, 0.15) is 21.7 Å². The number of hydrogen-bond donors (Lipinski definition) is 1. The molecule has 22 heavy (non-hydrogen) atoms. The summed E-state index contributed by atoms with van der Waals surface area (Å²) in [5.41, 5.74) is 2.54. The molecule has 0 spiro atoms. The lowest BCUT2D eigenvalue weighted by Crippen LogP contribution is -2.38. The quantitative estimate of drug-likeness (QED) is 0.888. The first-order valence-corrected chi connectivity index (χ1v) is 7.16. The number of carboxylic acids is 1. The first-order chi connectivity index (χ1) is 10.5. The second-order valence-corrected chi connectivity index (χ2v) is 5.28. The van der Waals surface area contributed by atoms with Crippen LogP contribution in [0.2, 0.25) is 0 Å². The minimum absolute atomic E-state index is 0.256. The number of hydrogen-bond acceptors (Lipinski definition) is 2. The maximum atomic E-state index is 12.6. The SMILES string of the molecule is Cc1ccc(C(=O)N(CCc2ccccc2)CC(=O)O)n1C. The highest BCUT2D eigenvalue weighted by molar-refractivity contribution is 5.94. The van der Waals surface area contributed by atoms with Crippen LogP contribution in [-0.2, 0) is 18.3 Å². The van der Waals surface area contributed by atoms with Crippen LogP contribution in [0.5, 0.6) is 0 Å². The van der Waals surface area contributed by atoms with Crippen LogP contribution < -0.4 is 0 Å². The Balaban J connectivity index is 2.13. The van der Waals surface area contributed by atoms with Crippen LogP contribution in [-0.4, -0.2) is 39.5 Å². The zero-order valence-electron chi connectivity index (χ0n) is 12.8. The Bertz CT molecular complexity index is 662. The van der Waals surface area contributed by atoms with Gasteiger partial charge in [0.1, 0.15) is 12.2 Å². The van der Waals surface area contributed by atoms with Crippen molar-refractivity contribution in [2.45, 2.75) is 13.3 Å². The van der Waals surface area contributed by atoms with Crippen LogP contribution >= 0.6 is 0 Å². The molecule has 2 rings (SSSR count). The van der Waals surface area contributed by atoms with E-state index >= 15 is 0 Å². The molecule has 5 nitrogen and oxygen atoms in total. The molecule has 0 bridgehead atoms. The lowest BCUT2D eigenvalue weighted by atomic mass is 10.1. The van der Waals surface area contributed by atoms with Crippen LogP contribution in [0.4, 0.5) is 0 Å². The lowest BCUT2D eigenvalue weighted by Gasteiger charge is -2.21. The fourth-order valence-corrected chi connectivity index (χ4v) is 2.31. The smallest absolute Gasteiger partial charge is 0.323 e. The Morgan fingerprint density at radius 3 is 2.36 bits per heavy atom. The molecule has 1 amide bonds. The molecule has 116 valence electrons. The number of carboxylic acid groups (broad SMARTS) is 1. The van der Waals surface area contributed by atoms with Gasteiger partial charge in [0.25, 0.3) is 5.91 Å². The number of aliphatic carboxylic acids is 1. The summed E-state index contributed by atoms with van der Waals surface area (Å²) in [7, 11) is 1.80. The summed E-state index contributed by atoms with van der Waals surface area (Å²) in [4.78, 5) is 25.0. The summed E-state index contributed by atoms with van der Waals surface area (Å²) >= 11 is 0. The van der Waals surface area contributed by atoms with Crippen molar-refractivity contribution < 1.29 is 14.7 Å². The number of carbonyl (C=O) groups excluding carboxylic acids is 1. The van der Waals surface area contributed by atoms with Crippen LogP contribution in [0.25, 0.3) is 0 Å². The summed E-state index contributed by atoms with van der Waals surface area (Å²) in [6.45, 7) is 1.98. The van der Waals surface area contributed by atoms with E-state index in [0.717, 1.165) is 11.3 Å². The van der Waals surface area contributed by atoms with E-state index in [0.29, 0.717) is 18.7 Å². The van der Waals surface area contributed by atoms with Gasteiger partial charge in [-0.05, 0) is 31.0 Å². The molecule has 1 N–H and O–H groups in total. The largest absolute Gasteiger partial charge is 0.480 e. The molecule has 0 aliphatic rings. The molecule has 0 saturated carbocycles. The summed E-state index contributed by atoms with van der Waals surface area (Å²) < 4.78 is 1.78. The van der Waals surface area contributed by atoms with Crippen molar-refractivity contribution in [3.05, 3.63) is 59.4 Å². The van der Waals surface area contributed by atoms with E-state index in [-0.39, 0.29) is 12.5 Å². The molecule has 0 radical (unpaired) electrons. The van der Waals surface area contributed by atoms with E-state index in [1.54, 1.807) is 17.7 Å². The number of carbonyl (C=O) groups is 2. The third-order valence-electron chi connectivity index (χ3n) is 3.72. The molecule has 1 heterocycles. The first-order valence-electron chi connectivity index (χ1n) is 7.16. The third-order valence-corrected chi connectivity index (χ3v) is 3.72. The predicted octanol–water partition coefficient (Wildman–Crippen LogP) is 2.10. The van der Waals surface area contributed by atoms with E-state index in [1.165, 1.54) is 4.90 Å². The Kier molecular flexibility index (Phi) is 4.99. The maximum absolute atomic E-state index is 12.6. The predicted molar refractivity (Wildman–Crippen MR) is 83.8 cm³/mol. The molecular formula is C17H20N2O3. The monoisotopic (exact) mass is 300 g/mol. The van der Waals surface area contributed by atoms with Gasteiger partial charge < -0.3 is 14.6 Å². The number of aromatic nitrogens is 1. The van der Waals surface area contributed by atoms with Crippen LogP contribution in [0, 0.1) is 6.92 Å². The number of aryl methyl sites for hydroxylation is 1. The number of amides is 1. The summed E-state index contributed by atoms with van der Waals surface area (Å²) in [5, 5.41) is 9.05. The second kappa shape index (κ2) is 6.93. The topological polar surface area (TPSA) is 62.5 Å². The van der Waals surface area contributed by atoms with Crippen molar-refractivity contribution >= 4 is 11.9 Å². The van der Waals surface area contributed by atoms with Gasteiger partial charge in [0.15, 0.2) is 0 Å². The van der Waals surface area contributed by atoms with Crippen molar-refractivity contribution in [2.24, 2.45) is 7.05 Å². The van der Waals surface area contributed by atoms with Gasteiger partial charge in [-0.15, -0.1) is 0 Å². The van der Waals surface area contributed by atoms with Gasteiger partial charge in [-0.1, -0.05) is 30.3 Å². The Hall–Kier alpha value is -2.56. The Labute approximate surface area is 129 Å². The highest BCUT2D eigenvalue weighted by Crippen LogP contribution is 2.10. The van der Waals surface area contributed by atoms with Gasteiger partial charge >= 0.3 is 5.97 Å². The van der Waals surface area contributed by atoms with Gasteiger partial charge in [-0.2, -0.15) is 0 Å². The van der Waals surface area contributed by atoms with Crippen molar-refractivity contribution in [1.29, 1.82) is 0 Å². The highest BCUT2D eigenvalue weighted by atomic mass is 16.4. The average Bonchev–Trinajstić information content (AvgIpc) is 2.83. The average molecular weight is 300 g/mol. The molecule has 0 aliphatic carbocycles. The number of nitrogens with zero attached hydrogens (tertiary/aromatic N) is 2. The van der Waals surface area contributed by atoms with Crippen molar-refractivity contribution in [3.8, 4) is 0 Å². The van der Waals surface area contributed by atoms with Gasteiger partial charge in [-0.3, -0.25) is 9.59 Å². The molecule has 0 saturated heterocycles. The molecular weight excluding hydrogens is 280 g/mol. The maximum Gasteiger partial charge on any atom is 0.323 e. The molecule has 0 fully saturated rings. The normalized spacial score (nSPS) is 10.5. The Morgan fingerprint density at radius 2 is 1.82 bits per heavy atom. The van der Waals surface area contributed by atoms with Crippen LogP contribution in [0.15, 0.2) is 42.5 Å². The Morgan fingerprint density at radius 1 is 1.14 bits per heavy atom. The van der Waals surface area contributed by atoms with E-state index in [2.05, 4.69) is 0 Å². The number of benzene rings is 1. The van der Waals surface area contributed by atoms with Gasteiger partial charge in [0, 0.05) is 19.3 Å². The molecule has 2 aromatic rings. The minimum Gasteiger partial charge on any atom is -0.480 e. The minimum atomic E-state index is -1.01. The molecule has 1 aromatic heterocycles. The first kappa shape index (κ1) is 15.8. The van der Waals surface area contributed by atoms with Gasteiger partial charge in [0.05, 0.1) is 0 Å². The van der Waals surface area contributed by atoms with Gasteiger partial charge in [0.2, 0.25) is 0 Å². The zero-order valence-corrected chi connectivity index (χ0v) is 12.8. The van der Waals surface area contributed by atoms with Gasteiger partial charge in [-0.25, -0.2) is 0 Å². The highest BCUT2D eigenvalue weighted by Gasteiger charge is 2.21. The fourth-order valence-electron chi connectivity index (χ4n) is 2.31. The standard InChI is InChI=1S/C17H20N2O3/c1-13-8-9-15(18(13)2)17(22)19(12-16(20)21)11-10-14-6-4-3-5-7-14/h3-9H,10-12H2,1-2H3,(H,20,21). The number of rotatable bonds is 6. The van der Waals surface area contributed by atoms with Crippen molar-refractivity contribution in [3.63, 3.8) is 0 Å². The molecule has 5 heteroatoms. The molecule has 0 unspecified atom stereocenters. The van der Waals surface area contributed by atoms with E-state index in [1.807, 2.05) is 43.3 Å². The third kappa shape index (κ3) is 3.75.